The third-order valence-corrected chi connectivity index (χ3v) is 4.48. The summed E-state index contributed by atoms with van der Waals surface area (Å²) in [5.74, 6) is -0.0630. The van der Waals surface area contributed by atoms with Crippen LogP contribution in [0.5, 0.6) is 0 Å². The first-order valence-electron chi connectivity index (χ1n) is 7.82. The molecule has 2 fully saturated rings. The van der Waals surface area contributed by atoms with Crippen LogP contribution in [0.2, 0.25) is 0 Å². The van der Waals surface area contributed by atoms with Gasteiger partial charge in [-0.25, -0.2) is 0 Å². The van der Waals surface area contributed by atoms with Gasteiger partial charge in [-0.1, -0.05) is 25.7 Å². The Hall–Kier alpha value is -1.69. The van der Waals surface area contributed by atoms with Crippen molar-refractivity contribution >= 4 is 11.8 Å². The molecule has 114 valence electrons. The molecule has 0 bridgehead atoms. The number of carbonyl (C=O) groups excluding carboxylic acids is 2. The van der Waals surface area contributed by atoms with Gasteiger partial charge in [0, 0.05) is 24.3 Å². The van der Waals surface area contributed by atoms with Gasteiger partial charge in [0.1, 0.15) is 0 Å². The van der Waals surface area contributed by atoms with Gasteiger partial charge in [0.25, 0.3) is 0 Å². The van der Waals surface area contributed by atoms with Crippen LogP contribution in [0, 0.1) is 0 Å². The summed E-state index contributed by atoms with van der Waals surface area (Å²) in [6, 6.07) is -0.260. The molecule has 6 heteroatoms. The molecule has 1 saturated heterocycles. The number of nitrogens with one attached hydrogen (secondary N) is 2. The molecule has 1 aromatic rings. The molecule has 0 aromatic carbocycles. The fourth-order valence-electron chi connectivity index (χ4n) is 3.33. The van der Waals surface area contributed by atoms with Crippen LogP contribution in [0.1, 0.15) is 50.5 Å². The lowest BCUT2D eigenvalue weighted by molar-refractivity contribution is -0.141. The zero-order valence-electron chi connectivity index (χ0n) is 12.2. The molecule has 0 spiro atoms. The third-order valence-electron chi connectivity index (χ3n) is 4.48. The van der Waals surface area contributed by atoms with Crippen molar-refractivity contribution in [2.45, 2.75) is 63.6 Å². The molecule has 2 amide bonds. The van der Waals surface area contributed by atoms with E-state index in [1.807, 2.05) is 0 Å². The van der Waals surface area contributed by atoms with Crippen molar-refractivity contribution in [1.29, 1.82) is 0 Å². The number of hydrogen-bond donors (Lipinski definition) is 2. The number of hydrogen-bond acceptors (Lipinski definition) is 4. The highest BCUT2D eigenvalue weighted by atomic mass is 16.2. The zero-order valence-corrected chi connectivity index (χ0v) is 12.2. The van der Waals surface area contributed by atoms with E-state index in [9.17, 15) is 9.59 Å². The first-order chi connectivity index (χ1) is 10.3. The topological polar surface area (TPSA) is 78.1 Å². The minimum Gasteiger partial charge on any atom is -0.301 e. The van der Waals surface area contributed by atoms with Crippen molar-refractivity contribution in [3.63, 3.8) is 0 Å². The molecule has 1 aliphatic heterocycles. The number of carbonyl (C=O) groups is 2. The number of aromatic amines is 1. The minimum atomic E-state index is -0.379. The Morgan fingerprint density at radius 3 is 2.67 bits per heavy atom. The molecule has 3 rings (SSSR count). The molecule has 1 saturated carbocycles. The molecule has 21 heavy (non-hydrogen) atoms. The SMILES string of the molecule is O=C1CC(NCc2cn[nH]c2)C(=O)N1C1CCCCCC1. The summed E-state index contributed by atoms with van der Waals surface area (Å²) in [6.07, 6.45) is 10.4. The molecular weight excluding hydrogens is 268 g/mol. The van der Waals surface area contributed by atoms with Crippen LogP contribution in [0.15, 0.2) is 12.4 Å². The number of nitrogens with zero attached hydrogens (tertiary/aromatic N) is 2. The predicted octanol–water partition coefficient (Wildman–Crippen LogP) is 1.35. The molecule has 1 aromatic heterocycles. The highest BCUT2D eigenvalue weighted by molar-refractivity contribution is 6.05. The van der Waals surface area contributed by atoms with Gasteiger partial charge in [-0.15, -0.1) is 0 Å². The van der Waals surface area contributed by atoms with Crippen molar-refractivity contribution in [1.82, 2.24) is 20.4 Å². The van der Waals surface area contributed by atoms with Gasteiger partial charge in [-0.3, -0.25) is 19.6 Å². The Balaban J connectivity index is 1.61. The number of amides is 2. The summed E-state index contributed by atoms with van der Waals surface area (Å²) in [5.41, 5.74) is 0.989. The molecule has 2 aliphatic rings. The van der Waals surface area contributed by atoms with E-state index in [4.69, 9.17) is 0 Å². The quantitative estimate of drug-likeness (QED) is 0.648. The molecular formula is C15H22N4O2. The second-order valence-electron chi connectivity index (χ2n) is 5.99. The number of likely N-dealkylation sites (tertiary alicyclic amines) is 1. The molecule has 1 atom stereocenters. The van der Waals surface area contributed by atoms with Gasteiger partial charge >= 0.3 is 0 Å². The second kappa shape index (κ2) is 6.39. The van der Waals surface area contributed by atoms with Crippen molar-refractivity contribution in [3.8, 4) is 0 Å². The van der Waals surface area contributed by atoms with Gasteiger partial charge in [0.2, 0.25) is 11.8 Å². The Morgan fingerprint density at radius 2 is 2.00 bits per heavy atom. The maximum atomic E-state index is 12.5. The van der Waals surface area contributed by atoms with Crippen LogP contribution in [-0.2, 0) is 16.1 Å². The molecule has 6 nitrogen and oxygen atoms in total. The van der Waals surface area contributed by atoms with Crippen LogP contribution in [0.3, 0.4) is 0 Å². The van der Waals surface area contributed by atoms with Crippen LogP contribution < -0.4 is 5.32 Å². The van der Waals surface area contributed by atoms with Crippen molar-refractivity contribution < 1.29 is 9.59 Å². The van der Waals surface area contributed by atoms with E-state index in [1.165, 1.54) is 12.8 Å². The summed E-state index contributed by atoms with van der Waals surface area (Å²) < 4.78 is 0. The average Bonchev–Trinajstić information content (AvgIpc) is 2.98. The molecule has 0 radical (unpaired) electrons. The number of aromatic nitrogens is 2. The van der Waals surface area contributed by atoms with Crippen LogP contribution >= 0.6 is 0 Å². The Morgan fingerprint density at radius 1 is 1.24 bits per heavy atom. The van der Waals surface area contributed by atoms with Crippen LogP contribution in [0.4, 0.5) is 0 Å². The normalized spacial score (nSPS) is 24.6. The Kier molecular flexibility index (Phi) is 4.34. The van der Waals surface area contributed by atoms with Crippen molar-refractivity contribution in [3.05, 3.63) is 18.0 Å². The van der Waals surface area contributed by atoms with Crippen molar-refractivity contribution in [2.24, 2.45) is 0 Å². The Bertz CT molecular complexity index is 492. The van der Waals surface area contributed by atoms with Gasteiger partial charge < -0.3 is 5.32 Å². The number of rotatable bonds is 4. The second-order valence-corrected chi connectivity index (χ2v) is 5.99. The van der Waals surface area contributed by atoms with Gasteiger partial charge in [0.15, 0.2) is 0 Å². The smallest absolute Gasteiger partial charge is 0.247 e. The maximum absolute atomic E-state index is 12.5. The van der Waals surface area contributed by atoms with Gasteiger partial charge in [-0.2, -0.15) is 5.10 Å². The monoisotopic (exact) mass is 290 g/mol. The van der Waals surface area contributed by atoms with Crippen LogP contribution in [0.25, 0.3) is 0 Å². The number of imide groups is 1. The lowest BCUT2D eigenvalue weighted by Gasteiger charge is -2.25. The Labute approximate surface area is 124 Å². The number of H-pyrrole nitrogens is 1. The fraction of sp³-hybridized carbons (Fsp3) is 0.667. The van der Waals surface area contributed by atoms with Crippen LogP contribution in [-0.4, -0.2) is 39.0 Å². The fourth-order valence-corrected chi connectivity index (χ4v) is 3.33. The minimum absolute atomic E-state index is 0.0170. The van der Waals surface area contributed by atoms with E-state index in [0.717, 1.165) is 31.2 Å². The molecule has 1 aliphatic carbocycles. The van der Waals surface area contributed by atoms with E-state index >= 15 is 0 Å². The molecule has 2 heterocycles. The zero-order chi connectivity index (χ0) is 14.7. The standard InChI is InChI=1S/C15H22N4O2/c20-14-7-13(16-8-11-9-17-18-10-11)15(21)19(14)12-5-3-1-2-4-6-12/h9-10,12-13,16H,1-8H2,(H,17,18). The lowest BCUT2D eigenvalue weighted by atomic mass is 10.1. The molecule has 2 N–H and O–H groups in total. The highest BCUT2D eigenvalue weighted by Crippen LogP contribution is 2.26. The maximum Gasteiger partial charge on any atom is 0.247 e. The van der Waals surface area contributed by atoms with Crippen molar-refractivity contribution in [2.75, 3.05) is 0 Å². The summed E-state index contributed by atoms with van der Waals surface area (Å²) in [7, 11) is 0. The largest absolute Gasteiger partial charge is 0.301 e. The van der Waals surface area contributed by atoms with E-state index < -0.39 is 0 Å². The first-order valence-corrected chi connectivity index (χ1v) is 7.82. The first kappa shape index (κ1) is 14.3. The van der Waals surface area contributed by atoms with Gasteiger partial charge in [-0.05, 0) is 12.8 Å². The summed E-state index contributed by atoms with van der Waals surface area (Å²) >= 11 is 0. The van der Waals surface area contributed by atoms with E-state index in [2.05, 4.69) is 15.5 Å². The van der Waals surface area contributed by atoms with E-state index in [0.29, 0.717) is 6.54 Å². The van der Waals surface area contributed by atoms with Gasteiger partial charge in [0.05, 0.1) is 18.7 Å². The summed E-state index contributed by atoms with van der Waals surface area (Å²) in [6.45, 7) is 0.554. The van der Waals surface area contributed by atoms with E-state index in [-0.39, 0.29) is 30.3 Å². The average molecular weight is 290 g/mol. The highest BCUT2D eigenvalue weighted by Gasteiger charge is 2.41. The van der Waals surface area contributed by atoms with E-state index in [1.54, 1.807) is 17.3 Å². The summed E-state index contributed by atoms with van der Waals surface area (Å²) in [5, 5.41) is 9.79. The summed E-state index contributed by atoms with van der Waals surface area (Å²) in [4.78, 5) is 26.3. The predicted molar refractivity (Wildman–Crippen MR) is 77.2 cm³/mol. The lowest BCUT2D eigenvalue weighted by Crippen LogP contribution is -2.43. The third kappa shape index (κ3) is 3.15. The molecule has 1 unspecified atom stereocenters.